The number of carbonyl (C=O) groups excluding carboxylic acids is 1. The largest absolute Gasteiger partial charge is 0.391 e. The van der Waals surface area contributed by atoms with Gasteiger partial charge in [0, 0.05) is 0 Å². The third-order valence-electron chi connectivity index (χ3n) is 2.12. The minimum atomic E-state index is -2.16. The Morgan fingerprint density at radius 1 is 1.14 bits per heavy atom. The number of aldehydes is 1. The number of aliphatic hydroxyl groups excluding tert-OH is 4. The summed E-state index contributed by atoms with van der Waals surface area (Å²) >= 11 is 0. The molecule has 0 aromatic rings. The van der Waals surface area contributed by atoms with Crippen molar-refractivity contribution in [2.24, 2.45) is 0 Å². The molecule has 84 valence electrons. The molecule has 0 fully saturated rings. The molecule has 1 unspecified atom stereocenters. The van der Waals surface area contributed by atoms with Crippen molar-refractivity contribution in [3.63, 3.8) is 0 Å². The predicted molar refractivity (Wildman–Crippen MR) is 46.4 cm³/mol. The molecule has 0 amide bonds. The van der Waals surface area contributed by atoms with Crippen LogP contribution in [0.3, 0.4) is 0 Å². The molecular formula is C8H16O6. The first-order valence-corrected chi connectivity index (χ1v) is 4.15. The zero-order chi connectivity index (χ0) is 11.5. The number of aliphatic hydroxyl groups is 5. The molecule has 0 radical (unpaired) electrons. The van der Waals surface area contributed by atoms with E-state index in [0.29, 0.717) is 0 Å². The van der Waals surface area contributed by atoms with Crippen molar-refractivity contribution in [3.8, 4) is 0 Å². The number of hydrogen-bond donors (Lipinski definition) is 5. The maximum absolute atomic E-state index is 10.1. The van der Waals surface area contributed by atoms with Gasteiger partial charge in [0.05, 0.1) is 6.10 Å². The van der Waals surface area contributed by atoms with Crippen LogP contribution in [-0.4, -0.2) is 61.8 Å². The molecule has 0 aliphatic heterocycles. The SMILES string of the molecule is CC(O)[C@@H](O)[C@](C)(O)[C@H](O)[C@@H](O)C=O. The number of rotatable bonds is 5. The monoisotopic (exact) mass is 208 g/mol. The van der Waals surface area contributed by atoms with Gasteiger partial charge in [0.25, 0.3) is 0 Å². The molecule has 0 bridgehead atoms. The molecule has 0 aromatic carbocycles. The summed E-state index contributed by atoms with van der Waals surface area (Å²) in [6, 6.07) is 0. The van der Waals surface area contributed by atoms with E-state index in [4.69, 9.17) is 10.2 Å². The highest BCUT2D eigenvalue weighted by Gasteiger charge is 2.43. The van der Waals surface area contributed by atoms with Crippen LogP contribution in [0, 0.1) is 0 Å². The van der Waals surface area contributed by atoms with E-state index in [1.165, 1.54) is 6.92 Å². The van der Waals surface area contributed by atoms with Crippen LogP contribution in [0.15, 0.2) is 0 Å². The minimum Gasteiger partial charge on any atom is -0.391 e. The third kappa shape index (κ3) is 2.73. The lowest BCUT2D eigenvalue weighted by molar-refractivity contribution is -0.187. The first-order chi connectivity index (χ1) is 6.25. The second-order valence-corrected chi connectivity index (χ2v) is 3.48. The highest BCUT2D eigenvalue weighted by Crippen LogP contribution is 2.20. The van der Waals surface area contributed by atoms with Crippen molar-refractivity contribution in [3.05, 3.63) is 0 Å². The van der Waals surface area contributed by atoms with Crippen molar-refractivity contribution < 1.29 is 30.3 Å². The van der Waals surface area contributed by atoms with Crippen molar-refractivity contribution in [1.29, 1.82) is 0 Å². The van der Waals surface area contributed by atoms with Crippen LogP contribution in [-0.2, 0) is 4.79 Å². The average Bonchev–Trinajstić information content (AvgIpc) is 2.13. The highest BCUT2D eigenvalue weighted by molar-refractivity contribution is 5.57. The van der Waals surface area contributed by atoms with Gasteiger partial charge in [-0.05, 0) is 13.8 Å². The van der Waals surface area contributed by atoms with Gasteiger partial charge in [-0.1, -0.05) is 0 Å². The van der Waals surface area contributed by atoms with Gasteiger partial charge in [0.1, 0.15) is 23.9 Å². The molecule has 0 saturated heterocycles. The van der Waals surface area contributed by atoms with Gasteiger partial charge >= 0.3 is 0 Å². The normalized spacial score (nSPS) is 24.5. The van der Waals surface area contributed by atoms with Crippen LogP contribution >= 0.6 is 0 Å². The summed E-state index contributed by atoms with van der Waals surface area (Å²) in [5.74, 6) is 0. The average molecular weight is 208 g/mol. The lowest BCUT2D eigenvalue weighted by Gasteiger charge is -2.35. The van der Waals surface area contributed by atoms with Gasteiger partial charge in [-0.25, -0.2) is 0 Å². The lowest BCUT2D eigenvalue weighted by atomic mass is 9.87. The maximum atomic E-state index is 10.1. The number of hydrogen-bond acceptors (Lipinski definition) is 6. The Hall–Kier alpha value is -0.530. The Balaban J connectivity index is 4.67. The van der Waals surface area contributed by atoms with Gasteiger partial charge < -0.3 is 30.3 Å². The smallest absolute Gasteiger partial charge is 0.151 e. The predicted octanol–water partition coefficient (Wildman–Crippen LogP) is -2.60. The fourth-order valence-corrected chi connectivity index (χ4v) is 1.08. The fraction of sp³-hybridized carbons (Fsp3) is 0.875. The Labute approximate surface area is 81.4 Å². The molecule has 6 heteroatoms. The Kier molecular flexibility index (Phi) is 4.63. The standard InChI is InChI=1S/C8H16O6/c1-4(10)6(12)8(2,14)7(13)5(11)3-9/h3-7,10-14H,1-2H3/t4?,5-,6+,7+,8-/m0/s1. The quantitative estimate of drug-likeness (QED) is 0.316. The van der Waals surface area contributed by atoms with Crippen molar-refractivity contribution in [2.45, 2.75) is 43.9 Å². The van der Waals surface area contributed by atoms with Gasteiger partial charge in [0.2, 0.25) is 0 Å². The van der Waals surface area contributed by atoms with Crippen molar-refractivity contribution in [2.75, 3.05) is 0 Å². The van der Waals surface area contributed by atoms with Crippen LogP contribution in [0.5, 0.6) is 0 Å². The van der Waals surface area contributed by atoms with E-state index in [2.05, 4.69) is 0 Å². The Morgan fingerprint density at radius 3 is 1.86 bits per heavy atom. The van der Waals surface area contributed by atoms with Crippen LogP contribution < -0.4 is 0 Å². The maximum Gasteiger partial charge on any atom is 0.151 e. The van der Waals surface area contributed by atoms with Gasteiger partial charge in [-0.2, -0.15) is 0 Å². The van der Waals surface area contributed by atoms with Crippen LogP contribution in [0.4, 0.5) is 0 Å². The summed E-state index contributed by atoms with van der Waals surface area (Å²) in [5, 5.41) is 46.0. The third-order valence-corrected chi connectivity index (χ3v) is 2.12. The lowest BCUT2D eigenvalue weighted by Crippen LogP contribution is -2.58. The van der Waals surface area contributed by atoms with Crippen LogP contribution in [0.2, 0.25) is 0 Å². The summed E-state index contributed by atoms with van der Waals surface area (Å²) in [5.41, 5.74) is -2.16. The first kappa shape index (κ1) is 13.5. The molecule has 5 atom stereocenters. The zero-order valence-electron chi connectivity index (χ0n) is 8.03. The Morgan fingerprint density at radius 2 is 1.57 bits per heavy atom. The van der Waals surface area contributed by atoms with E-state index in [1.807, 2.05) is 0 Å². The minimum absolute atomic E-state index is 0.0356. The van der Waals surface area contributed by atoms with E-state index < -0.39 is 30.0 Å². The molecule has 0 spiro atoms. The molecule has 0 aromatic heterocycles. The zero-order valence-corrected chi connectivity index (χ0v) is 8.03. The highest BCUT2D eigenvalue weighted by atomic mass is 16.4. The summed E-state index contributed by atoms with van der Waals surface area (Å²) in [4.78, 5) is 10.1. The molecule has 0 aliphatic carbocycles. The summed E-state index contributed by atoms with van der Waals surface area (Å²) < 4.78 is 0. The molecule has 14 heavy (non-hydrogen) atoms. The molecule has 0 rings (SSSR count). The van der Waals surface area contributed by atoms with Crippen molar-refractivity contribution in [1.82, 2.24) is 0 Å². The topological polar surface area (TPSA) is 118 Å². The van der Waals surface area contributed by atoms with Crippen molar-refractivity contribution >= 4 is 6.29 Å². The molecular weight excluding hydrogens is 192 g/mol. The van der Waals surface area contributed by atoms with Crippen LogP contribution in [0.25, 0.3) is 0 Å². The van der Waals surface area contributed by atoms with E-state index >= 15 is 0 Å². The summed E-state index contributed by atoms with van der Waals surface area (Å²) in [6.07, 6.45) is -6.58. The second kappa shape index (κ2) is 4.81. The van der Waals surface area contributed by atoms with E-state index in [0.717, 1.165) is 6.92 Å². The molecule has 5 N–H and O–H groups in total. The van der Waals surface area contributed by atoms with E-state index in [1.54, 1.807) is 0 Å². The molecule has 6 nitrogen and oxygen atoms in total. The summed E-state index contributed by atoms with van der Waals surface area (Å²) in [7, 11) is 0. The molecule has 0 heterocycles. The van der Waals surface area contributed by atoms with Gasteiger partial charge in [-0.3, -0.25) is 0 Å². The van der Waals surface area contributed by atoms with E-state index in [-0.39, 0.29) is 6.29 Å². The van der Waals surface area contributed by atoms with Crippen LogP contribution in [0.1, 0.15) is 13.8 Å². The fourth-order valence-electron chi connectivity index (χ4n) is 1.08. The molecule has 0 aliphatic rings. The van der Waals surface area contributed by atoms with Gasteiger partial charge in [0.15, 0.2) is 6.29 Å². The second-order valence-electron chi connectivity index (χ2n) is 3.48. The molecule has 0 saturated carbocycles. The summed E-state index contributed by atoms with van der Waals surface area (Å²) in [6.45, 7) is 2.22. The Bertz CT molecular complexity index is 190. The number of carbonyl (C=O) groups is 1. The van der Waals surface area contributed by atoms with Gasteiger partial charge in [-0.15, -0.1) is 0 Å². The first-order valence-electron chi connectivity index (χ1n) is 4.15. The van der Waals surface area contributed by atoms with E-state index in [9.17, 15) is 20.1 Å².